The molecule has 0 bridgehead atoms. The SMILES string of the molecule is CC(C)C[C@H](CC(=O)CNC(=O)c1cc(Cl)ccc1Cl)B1OC(=O)CCN(C)CCC(=O)O1. The number of amides is 1. The smallest absolute Gasteiger partial charge is 0.499 e. The van der Waals surface area contributed by atoms with Gasteiger partial charge in [0.2, 0.25) is 0 Å². The van der Waals surface area contributed by atoms with Crippen molar-refractivity contribution >= 4 is 53.9 Å². The molecule has 1 aromatic rings. The summed E-state index contributed by atoms with van der Waals surface area (Å²) in [5, 5.41) is 3.10. The van der Waals surface area contributed by atoms with Crippen LogP contribution in [0.2, 0.25) is 15.9 Å². The van der Waals surface area contributed by atoms with Crippen LogP contribution in [-0.4, -0.2) is 62.3 Å². The van der Waals surface area contributed by atoms with Crippen LogP contribution in [0.5, 0.6) is 0 Å². The van der Waals surface area contributed by atoms with Crippen LogP contribution < -0.4 is 5.32 Å². The van der Waals surface area contributed by atoms with E-state index in [0.717, 1.165) is 0 Å². The van der Waals surface area contributed by atoms with Crippen molar-refractivity contribution in [1.82, 2.24) is 10.2 Å². The molecular weight excluding hydrogens is 470 g/mol. The van der Waals surface area contributed by atoms with E-state index in [1.54, 1.807) is 6.07 Å². The Morgan fingerprint density at radius 2 is 1.73 bits per heavy atom. The van der Waals surface area contributed by atoms with E-state index in [4.69, 9.17) is 32.5 Å². The molecule has 1 aromatic carbocycles. The average molecular weight is 499 g/mol. The topological polar surface area (TPSA) is 102 Å². The van der Waals surface area contributed by atoms with E-state index in [2.05, 4.69) is 5.32 Å². The zero-order chi connectivity index (χ0) is 24.5. The van der Waals surface area contributed by atoms with Gasteiger partial charge < -0.3 is 19.5 Å². The Bertz CT molecular complexity index is 860. The number of rotatable bonds is 8. The van der Waals surface area contributed by atoms with Gasteiger partial charge in [-0.1, -0.05) is 37.0 Å². The summed E-state index contributed by atoms with van der Waals surface area (Å²) in [4.78, 5) is 51.5. The second-order valence-corrected chi connectivity index (χ2v) is 9.43. The summed E-state index contributed by atoms with van der Waals surface area (Å²) in [5.74, 6) is -2.19. The van der Waals surface area contributed by atoms with Gasteiger partial charge in [-0.3, -0.25) is 19.2 Å². The standard InChI is InChI=1S/C22H29BCl2N2O6/c1-14(2)10-15(23-32-20(29)6-8-27(3)9-7-21(30)33-23)11-17(28)13-26-22(31)18-12-16(24)4-5-19(18)25/h4-5,12,14-15H,6-11,13H2,1-3H3,(H,26,31)/t15-/m1/s1. The molecule has 1 aliphatic rings. The number of halogens is 2. The van der Waals surface area contributed by atoms with Gasteiger partial charge in [-0.05, 0) is 37.6 Å². The molecule has 11 heteroatoms. The number of ketones is 1. The Balaban J connectivity index is 2.05. The molecule has 1 atom stereocenters. The summed E-state index contributed by atoms with van der Waals surface area (Å²) in [6.45, 7) is 4.59. The molecule has 1 amide bonds. The maximum atomic E-state index is 12.7. The average Bonchev–Trinajstić information content (AvgIpc) is 2.74. The molecule has 8 nitrogen and oxygen atoms in total. The summed E-state index contributed by atoms with van der Waals surface area (Å²) in [6, 6.07) is 4.48. The van der Waals surface area contributed by atoms with Crippen molar-refractivity contribution in [2.45, 2.75) is 45.3 Å². The van der Waals surface area contributed by atoms with E-state index in [-0.39, 0.29) is 48.1 Å². The molecule has 0 aliphatic carbocycles. The Labute approximate surface area is 204 Å². The van der Waals surface area contributed by atoms with Crippen molar-refractivity contribution in [3.8, 4) is 0 Å². The molecule has 0 radical (unpaired) electrons. The molecule has 2 rings (SSSR count). The summed E-state index contributed by atoms with van der Waals surface area (Å²) in [5.41, 5.74) is 0.163. The minimum Gasteiger partial charge on any atom is -0.499 e. The van der Waals surface area contributed by atoms with Crippen molar-refractivity contribution in [3.05, 3.63) is 33.8 Å². The molecular formula is C22H29BCl2N2O6. The molecule has 1 fully saturated rings. The summed E-state index contributed by atoms with van der Waals surface area (Å²) >= 11 is 11.9. The molecule has 1 heterocycles. The third-order valence-electron chi connectivity index (χ3n) is 5.16. The van der Waals surface area contributed by atoms with Gasteiger partial charge >= 0.3 is 7.12 Å². The number of Topliss-reactive ketones (excluding diaryl/α,β-unsaturated/α-hetero) is 1. The first-order valence-electron chi connectivity index (χ1n) is 10.9. The van der Waals surface area contributed by atoms with Crippen LogP contribution in [0.15, 0.2) is 18.2 Å². The summed E-state index contributed by atoms with van der Waals surface area (Å²) < 4.78 is 10.9. The second-order valence-electron chi connectivity index (χ2n) is 8.59. The van der Waals surface area contributed by atoms with E-state index in [9.17, 15) is 19.2 Å². The lowest BCUT2D eigenvalue weighted by molar-refractivity contribution is -0.142. The third-order valence-corrected chi connectivity index (χ3v) is 5.72. The second kappa shape index (κ2) is 13.0. The van der Waals surface area contributed by atoms with Gasteiger partial charge in [-0.25, -0.2) is 0 Å². The summed E-state index contributed by atoms with van der Waals surface area (Å²) in [6.07, 6.45) is 0.768. The van der Waals surface area contributed by atoms with Crippen LogP contribution >= 0.6 is 23.2 Å². The largest absolute Gasteiger partial charge is 0.602 e. The van der Waals surface area contributed by atoms with Crippen LogP contribution in [0.25, 0.3) is 0 Å². The normalized spacial score (nSPS) is 16.7. The number of nitrogens with one attached hydrogen (secondary N) is 1. The highest BCUT2D eigenvalue weighted by Gasteiger charge is 2.39. The first kappa shape index (κ1) is 27.2. The van der Waals surface area contributed by atoms with Crippen LogP contribution in [0.1, 0.15) is 49.9 Å². The number of hydrogen-bond acceptors (Lipinski definition) is 7. The number of carbonyl (C=O) groups excluding carboxylic acids is 4. The minimum absolute atomic E-state index is 0.0349. The van der Waals surface area contributed by atoms with E-state index in [0.29, 0.717) is 24.5 Å². The predicted molar refractivity (Wildman–Crippen MR) is 126 cm³/mol. The van der Waals surface area contributed by atoms with Crippen LogP contribution in [0.3, 0.4) is 0 Å². The molecule has 1 saturated heterocycles. The van der Waals surface area contributed by atoms with Gasteiger partial charge in [0.15, 0.2) is 5.78 Å². The van der Waals surface area contributed by atoms with Crippen LogP contribution in [-0.2, 0) is 23.7 Å². The van der Waals surface area contributed by atoms with Gasteiger partial charge in [0.05, 0.1) is 30.0 Å². The van der Waals surface area contributed by atoms with Gasteiger partial charge in [0.1, 0.15) is 0 Å². The fourth-order valence-corrected chi connectivity index (χ4v) is 3.85. The van der Waals surface area contributed by atoms with E-state index >= 15 is 0 Å². The lowest BCUT2D eigenvalue weighted by Crippen LogP contribution is -2.39. The Morgan fingerprint density at radius 1 is 1.12 bits per heavy atom. The van der Waals surface area contributed by atoms with E-state index < -0.39 is 30.8 Å². The first-order chi connectivity index (χ1) is 15.5. The van der Waals surface area contributed by atoms with Gasteiger partial charge in [0.25, 0.3) is 17.8 Å². The van der Waals surface area contributed by atoms with Gasteiger partial charge in [-0.2, -0.15) is 0 Å². The van der Waals surface area contributed by atoms with E-state index in [1.165, 1.54) is 12.1 Å². The van der Waals surface area contributed by atoms with Crippen molar-refractivity contribution in [2.75, 3.05) is 26.7 Å². The molecule has 180 valence electrons. The molecule has 1 N–H and O–H groups in total. The Morgan fingerprint density at radius 3 is 2.30 bits per heavy atom. The van der Waals surface area contributed by atoms with Crippen LogP contribution in [0, 0.1) is 5.92 Å². The van der Waals surface area contributed by atoms with Gasteiger partial charge in [-0.15, -0.1) is 0 Å². The highest BCUT2D eigenvalue weighted by atomic mass is 35.5. The molecule has 0 spiro atoms. The molecule has 1 aliphatic heterocycles. The Kier molecular flexibility index (Phi) is 10.7. The summed E-state index contributed by atoms with van der Waals surface area (Å²) in [7, 11) is 0.655. The van der Waals surface area contributed by atoms with E-state index in [1.807, 2.05) is 25.8 Å². The lowest BCUT2D eigenvalue weighted by atomic mass is 9.65. The third kappa shape index (κ3) is 9.35. The number of nitrogens with zero attached hydrogens (tertiary/aromatic N) is 1. The predicted octanol–water partition coefficient (Wildman–Crippen LogP) is 3.40. The van der Waals surface area contributed by atoms with Gasteiger partial charge in [0, 0.05) is 30.4 Å². The quantitative estimate of drug-likeness (QED) is 0.548. The number of hydrogen-bond donors (Lipinski definition) is 1. The highest BCUT2D eigenvalue weighted by Crippen LogP contribution is 2.28. The lowest BCUT2D eigenvalue weighted by Gasteiger charge is -2.26. The van der Waals surface area contributed by atoms with Crippen molar-refractivity contribution in [2.24, 2.45) is 5.92 Å². The molecule has 33 heavy (non-hydrogen) atoms. The molecule has 0 saturated carbocycles. The number of benzene rings is 1. The van der Waals surface area contributed by atoms with Crippen molar-refractivity contribution in [1.29, 1.82) is 0 Å². The molecule has 0 aromatic heterocycles. The minimum atomic E-state index is -1.15. The zero-order valence-electron chi connectivity index (χ0n) is 19.1. The van der Waals surface area contributed by atoms with Crippen molar-refractivity contribution < 1.29 is 28.5 Å². The Hall–Kier alpha value is -2.10. The van der Waals surface area contributed by atoms with Crippen LogP contribution in [0.4, 0.5) is 0 Å². The van der Waals surface area contributed by atoms with Crippen molar-refractivity contribution in [3.63, 3.8) is 0 Å². The fourth-order valence-electron chi connectivity index (χ4n) is 3.48. The number of carbonyl (C=O) groups is 4. The maximum absolute atomic E-state index is 12.7. The first-order valence-corrected chi connectivity index (χ1v) is 11.6. The zero-order valence-corrected chi connectivity index (χ0v) is 20.6. The fraction of sp³-hybridized carbons (Fsp3) is 0.545. The molecule has 0 unspecified atom stereocenters. The highest BCUT2D eigenvalue weighted by molar-refractivity contribution is 6.51. The maximum Gasteiger partial charge on any atom is 0.602 e. The monoisotopic (exact) mass is 498 g/mol.